The van der Waals surface area contributed by atoms with E-state index in [0.29, 0.717) is 0 Å². The van der Waals surface area contributed by atoms with Crippen LogP contribution in [-0.4, -0.2) is 26.7 Å². The Labute approximate surface area is 122 Å². The van der Waals surface area contributed by atoms with Crippen molar-refractivity contribution in [1.29, 1.82) is 0 Å². The second-order valence-corrected chi connectivity index (χ2v) is 7.22. The third-order valence-electron chi connectivity index (χ3n) is 3.52. The molecular weight excluding hydrogens is 274 g/mol. The maximum absolute atomic E-state index is 4.47. The van der Waals surface area contributed by atoms with E-state index in [2.05, 4.69) is 29.0 Å². The number of aromatic nitrogens is 3. The zero-order chi connectivity index (χ0) is 13.2. The predicted octanol–water partition coefficient (Wildman–Crippen LogP) is 4.06. The second-order valence-electron chi connectivity index (χ2n) is 4.72. The Hall–Kier alpha value is -0.680. The van der Waals surface area contributed by atoms with E-state index in [4.69, 9.17) is 0 Å². The number of hydrogen-bond donors (Lipinski definition) is 1. The van der Waals surface area contributed by atoms with Crippen molar-refractivity contribution >= 4 is 34.4 Å². The first-order chi connectivity index (χ1) is 9.35. The highest BCUT2D eigenvalue weighted by Crippen LogP contribution is 2.37. The normalized spacial score (nSPS) is 14.8. The highest BCUT2D eigenvalue weighted by Gasteiger charge is 2.21. The van der Waals surface area contributed by atoms with Crippen LogP contribution in [0.4, 0.5) is 0 Å². The number of H-pyrrole nitrogens is 1. The Morgan fingerprint density at radius 3 is 2.47 bits per heavy atom. The smallest absolute Gasteiger partial charge is 0.143 e. The van der Waals surface area contributed by atoms with Gasteiger partial charge in [-0.15, -0.1) is 33.7 Å². The molecule has 5 heteroatoms. The molecule has 1 aliphatic carbocycles. The van der Waals surface area contributed by atoms with Crippen LogP contribution in [0.2, 0.25) is 0 Å². The van der Waals surface area contributed by atoms with Crippen molar-refractivity contribution in [2.45, 2.75) is 49.6 Å². The number of fused-ring (bicyclic) bond motifs is 3. The maximum Gasteiger partial charge on any atom is 0.143 e. The summed E-state index contributed by atoms with van der Waals surface area (Å²) in [4.78, 5) is 3.63. The quantitative estimate of drug-likeness (QED) is 0.863. The zero-order valence-electron chi connectivity index (χ0n) is 11.5. The molecule has 0 aromatic carbocycles. The Balaban J connectivity index is 2.22. The average molecular weight is 293 g/mol. The number of nitrogens with zero attached hydrogens (tertiary/aromatic N) is 2. The number of hydrogen-bond acceptors (Lipinski definition) is 4. The molecule has 2 heterocycles. The van der Waals surface area contributed by atoms with Crippen LogP contribution < -0.4 is 0 Å². The molecule has 0 saturated heterocycles. The van der Waals surface area contributed by atoms with Crippen molar-refractivity contribution < 1.29 is 0 Å². The molecule has 1 N–H and O–H groups in total. The Morgan fingerprint density at radius 2 is 1.68 bits per heavy atom. The van der Waals surface area contributed by atoms with Crippen LogP contribution in [0.1, 0.15) is 37.9 Å². The maximum atomic E-state index is 4.47. The van der Waals surface area contributed by atoms with E-state index >= 15 is 0 Å². The summed E-state index contributed by atoms with van der Waals surface area (Å²) >= 11 is 3.59. The number of aromatic amines is 1. The molecule has 0 amide bonds. The van der Waals surface area contributed by atoms with Crippen LogP contribution in [0.3, 0.4) is 0 Å². The van der Waals surface area contributed by atoms with Crippen LogP contribution in [-0.2, 0) is 12.8 Å². The summed E-state index contributed by atoms with van der Waals surface area (Å²) in [6, 6.07) is 0. The predicted molar refractivity (Wildman–Crippen MR) is 83.3 cm³/mol. The molecule has 0 fully saturated rings. The number of thioether (sulfide) groups is 2. The minimum absolute atomic E-state index is 1.04. The first-order valence-electron chi connectivity index (χ1n) is 7.00. The SMILES string of the molecule is CCSc1nnc(SCC)c2c3c([nH]c12)CCCC3. The second kappa shape index (κ2) is 5.75. The Morgan fingerprint density at radius 1 is 1.00 bits per heavy atom. The summed E-state index contributed by atoms with van der Waals surface area (Å²) in [6.45, 7) is 4.34. The van der Waals surface area contributed by atoms with E-state index in [1.165, 1.54) is 47.8 Å². The van der Waals surface area contributed by atoms with Crippen LogP contribution in [0.5, 0.6) is 0 Å². The van der Waals surface area contributed by atoms with Crippen molar-refractivity contribution in [3.63, 3.8) is 0 Å². The van der Waals surface area contributed by atoms with Gasteiger partial charge < -0.3 is 4.98 Å². The molecule has 3 nitrogen and oxygen atoms in total. The third-order valence-corrected chi connectivity index (χ3v) is 5.21. The van der Waals surface area contributed by atoms with E-state index in [9.17, 15) is 0 Å². The first-order valence-corrected chi connectivity index (χ1v) is 8.98. The van der Waals surface area contributed by atoms with Gasteiger partial charge in [0.05, 0.1) is 5.52 Å². The lowest BCUT2D eigenvalue weighted by atomic mass is 9.96. The largest absolute Gasteiger partial charge is 0.356 e. The molecule has 0 atom stereocenters. The average Bonchev–Trinajstić information content (AvgIpc) is 2.82. The van der Waals surface area contributed by atoms with Gasteiger partial charge in [0.25, 0.3) is 0 Å². The molecule has 0 saturated carbocycles. The van der Waals surface area contributed by atoms with E-state index in [-0.39, 0.29) is 0 Å². The minimum atomic E-state index is 1.04. The molecule has 1 aliphatic rings. The van der Waals surface area contributed by atoms with Crippen molar-refractivity contribution in [3.05, 3.63) is 11.3 Å². The molecular formula is C14H19N3S2. The van der Waals surface area contributed by atoms with E-state index in [1.807, 2.05) is 0 Å². The van der Waals surface area contributed by atoms with Crippen LogP contribution in [0.15, 0.2) is 10.1 Å². The first kappa shape index (κ1) is 13.3. The fourth-order valence-electron chi connectivity index (χ4n) is 2.75. The Kier molecular flexibility index (Phi) is 4.03. The summed E-state index contributed by atoms with van der Waals surface area (Å²) in [7, 11) is 0. The molecule has 0 aliphatic heterocycles. The van der Waals surface area contributed by atoms with Gasteiger partial charge in [0.2, 0.25) is 0 Å². The summed E-state index contributed by atoms with van der Waals surface area (Å²) in [5.74, 6) is 2.08. The highest BCUT2D eigenvalue weighted by molar-refractivity contribution is 7.99. The number of rotatable bonds is 4. The standard InChI is InChI=1S/C14H19N3S2/c1-3-18-13-11-9-7-5-6-8-10(9)15-12(11)14(17-16-13)19-4-2/h15H,3-8H2,1-2H3. The Bertz CT molecular complexity index is 592. The third kappa shape index (κ3) is 2.38. The summed E-state index contributed by atoms with van der Waals surface area (Å²) < 4.78 is 0. The van der Waals surface area contributed by atoms with Gasteiger partial charge in [-0.05, 0) is 42.8 Å². The molecule has 2 aromatic rings. The topological polar surface area (TPSA) is 41.6 Å². The van der Waals surface area contributed by atoms with E-state index in [1.54, 1.807) is 23.5 Å². The zero-order valence-corrected chi connectivity index (χ0v) is 13.1. The fourth-order valence-corrected chi connectivity index (χ4v) is 4.16. The van der Waals surface area contributed by atoms with Crippen LogP contribution >= 0.6 is 23.5 Å². The van der Waals surface area contributed by atoms with Crippen molar-refractivity contribution in [3.8, 4) is 0 Å². The fraction of sp³-hybridized carbons (Fsp3) is 0.571. The number of aryl methyl sites for hydroxylation is 2. The lowest BCUT2D eigenvalue weighted by Crippen LogP contribution is -2.00. The van der Waals surface area contributed by atoms with Gasteiger partial charge in [-0.3, -0.25) is 0 Å². The van der Waals surface area contributed by atoms with Gasteiger partial charge in [0.15, 0.2) is 0 Å². The van der Waals surface area contributed by atoms with Gasteiger partial charge in [0, 0.05) is 11.1 Å². The molecule has 3 rings (SSSR count). The van der Waals surface area contributed by atoms with Gasteiger partial charge >= 0.3 is 0 Å². The summed E-state index contributed by atoms with van der Waals surface area (Å²) in [6.07, 6.45) is 4.97. The van der Waals surface area contributed by atoms with Crippen molar-refractivity contribution in [2.75, 3.05) is 11.5 Å². The minimum Gasteiger partial charge on any atom is -0.356 e. The van der Waals surface area contributed by atoms with Gasteiger partial charge in [-0.1, -0.05) is 13.8 Å². The monoisotopic (exact) mass is 293 g/mol. The summed E-state index contributed by atoms with van der Waals surface area (Å²) in [5, 5.41) is 12.4. The molecule has 0 radical (unpaired) electrons. The molecule has 19 heavy (non-hydrogen) atoms. The van der Waals surface area contributed by atoms with Gasteiger partial charge in [-0.2, -0.15) is 0 Å². The van der Waals surface area contributed by atoms with E-state index in [0.717, 1.165) is 21.6 Å². The molecule has 0 unspecified atom stereocenters. The van der Waals surface area contributed by atoms with Gasteiger partial charge in [-0.25, -0.2) is 0 Å². The van der Waals surface area contributed by atoms with Crippen LogP contribution in [0.25, 0.3) is 10.9 Å². The van der Waals surface area contributed by atoms with Crippen LogP contribution in [0, 0.1) is 0 Å². The number of nitrogens with one attached hydrogen (secondary N) is 1. The molecule has 0 bridgehead atoms. The van der Waals surface area contributed by atoms with Crippen molar-refractivity contribution in [2.24, 2.45) is 0 Å². The van der Waals surface area contributed by atoms with E-state index < -0.39 is 0 Å². The molecule has 102 valence electrons. The molecule has 0 spiro atoms. The lowest BCUT2D eigenvalue weighted by molar-refractivity contribution is 0.679. The van der Waals surface area contributed by atoms with Crippen molar-refractivity contribution in [1.82, 2.24) is 15.2 Å². The van der Waals surface area contributed by atoms with Gasteiger partial charge in [0.1, 0.15) is 10.1 Å². The molecule has 2 aromatic heterocycles. The highest BCUT2D eigenvalue weighted by atomic mass is 32.2. The lowest BCUT2D eigenvalue weighted by Gasteiger charge is -2.11. The summed E-state index contributed by atoms with van der Waals surface area (Å²) in [5.41, 5.74) is 4.15.